The molecule has 2 heteroatoms. The fraction of sp³-hybridized carbons (Fsp3) is 0.452. The molecule has 2 aromatic carbocycles. The van der Waals surface area contributed by atoms with E-state index in [9.17, 15) is 4.39 Å². The van der Waals surface area contributed by atoms with Crippen LogP contribution in [-0.2, 0) is 12.8 Å². The van der Waals surface area contributed by atoms with Crippen LogP contribution in [0.4, 0.5) is 4.39 Å². The van der Waals surface area contributed by atoms with Crippen LogP contribution >= 0.6 is 0 Å². The maximum absolute atomic E-state index is 14.5. The summed E-state index contributed by atoms with van der Waals surface area (Å²) in [5.41, 5.74) is 6.20. The van der Waals surface area contributed by atoms with Crippen molar-refractivity contribution in [3.8, 4) is 22.4 Å². The average molecular weight is 446 g/mol. The summed E-state index contributed by atoms with van der Waals surface area (Å²) in [4.78, 5) is 4.25. The van der Waals surface area contributed by atoms with Crippen molar-refractivity contribution in [1.29, 1.82) is 0 Å². The highest BCUT2D eigenvalue weighted by molar-refractivity contribution is 5.69. The van der Waals surface area contributed by atoms with E-state index in [1.165, 1.54) is 68.1 Å². The number of benzene rings is 2. The molecule has 0 aliphatic heterocycles. The lowest BCUT2D eigenvalue weighted by atomic mass is 9.99. The molecule has 0 radical (unpaired) electrons. The van der Waals surface area contributed by atoms with Gasteiger partial charge in [-0.1, -0.05) is 120 Å². The Kier molecular flexibility index (Phi) is 10.6. The van der Waals surface area contributed by atoms with E-state index < -0.39 is 0 Å². The Hall–Kier alpha value is -2.48. The summed E-state index contributed by atoms with van der Waals surface area (Å²) >= 11 is 0. The first-order chi connectivity index (χ1) is 16.2. The van der Waals surface area contributed by atoms with Crippen LogP contribution in [0.5, 0.6) is 0 Å². The minimum Gasteiger partial charge on any atom is -0.219 e. The van der Waals surface area contributed by atoms with Crippen molar-refractivity contribution < 1.29 is 4.39 Å². The van der Waals surface area contributed by atoms with Crippen LogP contribution in [0.1, 0.15) is 89.2 Å². The zero-order chi connectivity index (χ0) is 23.3. The van der Waals surface area contributed by atoms with Gasteiger partial charge < -0.3 is 0 Å². The van der Waals surface area contributed by atoms with Gasteiger partial charge in [-0.15, -0.1) is 0 Å². The molecule has 176 valence electrons. The predicted molar refractivity (Wildman–Crippen MR) is 140 cm³/mol. The largest absolute Gasteiger partial charge is 0.219 e. The van der Waals surface area contributed by atoms with Gasteiger partial charge in [-0.25, -0.2) is 4.98 Å². The molecule has 0 saturated heterocycles. The van der Waals surface area contributed by atoms with E-state index in [-0.39, 0.29) is 5.95 Å². The molecule has 0 aliphatic carbocycles. The first-order valence-electron chi connectivity index (χ1n) is 13.1. The van der Waals surface area contributed by atoms with Crippen molar-refractivity contribution in [3.05, 3.63) is 77.7 Å². The van der Waals surface area contributed by atoms with E-state index in [0.29, 0.717) is 5.69 Å². The number of rotatable bonds is 14. The van der Waals surface area contributed by atoms with Gasteiger partial charge in [0.25, 0.3) is 0 Å². The zero-order valence-corrected chi connectivity index (χ0v) is 20.6. The van der Waals surface area contributed by atoms with Gasteiger partial charge in [0, 0.05) is 11.1 Å². The maximum Gasteiger partial charge on any atom is 0.216 e. The van der Waals surface area contributed by atoms with E-state index in [2.05, 4.69) is 55.2 Å². The van der Waals surface area contributed by atoms with Gasteiger partial charge >= 0.3 is 0 Å². The molecule has 0 saturated carbocycles. The van der Waals surface area contributed by atoms with E-state index in [4.69, 9.17) is 0 Å². The smallest absolute Gasteiger partial charge is 0.216 e. The van der Waals surface area contributed by atoms with Gasteiger partial charge in [0.15, 0.2) is 0 Å². The van der Waals surface area contributed by atoms with Crippen molar-refractivity contribution in [2.24, 2.45) is 0 Å². The number of unbranched alkanes of at least 4 members (excludes halogenated alkanes) is 8. The van der Waals surface area contributed by atoms with Crippen LogP contribution in [0.15, 0.2) is 60.7 Å². The summed E-state index contributed by atoms with van der Waals surface area (Å²) in [6.45, 7) is 4.47. The van der Waals surface area contributed by atoms with Crippen LogP contribution in [0, 0.1) is 5.95 Å². The van der Waals surface area contributed by atoms with Gasteiger partial charge in [0.2, 0.25) is 5.95 Å². The van der Waals surface area contributed by atoms with Crippen molar-refractivity contribution in [2.45, 2.75) is 90.9 Å². The standard InChI is InChI=1S/C31H40FN/c1-3-5-7-9-11-13-25-15-17-26(18-16-25)27-19-21-28(22-20-27)30-24-23-29(31(32)33-30)14-12-10-8-6-4-2/h15-24H,3-14H2,1-2H3. The van der Waals surface area contributed by atoms with Gasteiger partial charge in [-0.3, -0.25) is 0 Å². The third kappa shape index (κ3) is 8.11. The third-order valence-corrected chi connectivity index (χ3v) is 6.51. The molecule has 0 unspecified atom stereocenters. The highest BCUT2D eigenvalue weighted by Gasteiger charge is 2.08. The molecule has 0 atom stereocenters. The van der Waals surface area contributed by atoms with Crippen LogP contribution in [0.25, 0.3) is 22.4 Å². The Labute approximate surface area is 200 Å². The van der Waals surface area contributed by atoms with Gasteiger partial charge in [-0.2, -0.15) is 4.39 Å². The molecule has 1 heterocycles. The van der Waals surface area contributed by atoms with Gasteiger partial charge in [-0.05, 0) is 48.4 Å². The van der Waals surface area contributed by atoms with Crippen molar-refractivity contribution in [1.82, 2.24) is 4.98 Å². The minimum absolute atomic E-state index is 0.322. The number of aromatic nitrogens is 1. The number of aryl methyl sites for hydroxylation is 2. The fourth-order valence-electron chi connectivity index (χ4n) is 4.36. The second-order valence-electron chi connectivity index (χ2n) is 9.25. The molecule has 33 heavy (non-hydrogen) atoms. The Bertz CT molecular complexity index is 944. The molecule has 3 rings (SSSR count). The second kappa shape index (κ2) is 13.9. The summed E-state index contributed by atoms with van der Waals surface area (Å²) < 4.78 is 14.5. The molecule has 0 aliphatic rings. The Morgan fingerprint density at radius 3 is 1.64 bits per heavy atom. The van der Waals surface area contributed by atoms with E-state index in [0.717, 1.165) is 36.8 Å². The number of hydrogen-bond acceptors (Lipinski definition) is 1. The number of hydrogen-bond donors (Lipinski definition) is 0. The average Bonchev–Trinajstić information content (AvgIpc) is 2.85. The number of pyridine rings is 1. The highest BCUT2D eigenvalue weighted by atomic mass is 19.1. The van der Waals surface area contributed by atoms with E-state index in [1.54, 1.807) is 0 Å². The molecular weight excluding hydrogens is 405 g/mol. The molecule has 0 spiro atoms. The Morgan fingerprint density at radius 1 is 0.545 bits per heavy atom. The first-order valence-corrected chi connectivity index (χ1v) is 13.1. The normalized spacial score (nSPS) is 11.1. The van der Waals surface area contributed by atoms with Crippen LogP contribution in [0.2, 0.25) is 0 Å². The molecule has 0 amide bonds. The molecule has 0 bridgehead atoms. The third-order valence-electron chi connectivity index (χ3n) is 6.51. The van der Waals surface area contributed by atoms with Gasteiger partial charge in [0.1, 0.15) is 0 Å². The fourth-order valence-corrected chi connectivity index (χ4v) is 4.36. The first kappa shape index (κ1) is 25.1. The molecule has 3 aromatic rings. The number of nitrogens with zero attached hydrogens (tertiary/aromatic N) is 1. The quantitative estimate of drug-likeness (QED) is 0.178. The molecular formula is C31H40FN. The van der Waals surface area contributed by atoms with Crippen molar-refractivity contribution in [2.75, 3.05) is 0 Å². The van der Waals surface area contributed by atoms with Crippen molar-refractivity contribution >= 4 is 0 Å². The summed E-state index contributed by atoms with van der Waals surface area (Å²) in [7, 11) is 0. The molecule has 1 aromatic heterocycles. The molecule has 1 nitrogen and oxygen atoms in total. The van der Waals surface area contributed by atoms with E-state index in [1.807, 2.05) is 24.3 Å². The highest BCUT2D eigenvalue weighted by Crippen LogP contribution is 2.25. The lowest BCUT2D eigenvalue weighted by molar-refractivity contribution is 0.556. The van der Waals surface area contributed by atoms with E-state index >= 15 is 0 Å². The summed E-state index contributed by atoms with van der Waals surface area (Å²) in [5, 5.41) is 0. The summed E-state index contributed by atoms with van der Waals surface area (Å²) in [6.07, 6.45) is 14.4. The lowest BCUT2D eigenvalue weighted by Crippen LogP contribution is -1.96. The lowest BCUT2D eigenvalue weighted by Gasteiger charge is -2.08. The van der Waals surface area contributed by atoms with Crippen molar-refractivity contribution in [3.63, 3.8) is 0 Å². The SMILES string of the molecule is CCCCCCCc1ccc(-c2ccc(-c3ccc(CCCCCCC)c(F)n3)cc2)cc1. The predicted octanol–water partition coefficient (Wildman–Crippen LogP) is 9.58. The summed E-state index contributed by atoms with van der Waals surface area (Å²) in [6, 6.07) is 21.1. The van der Waals surface area contributed by atoms with Crippen LogP contribution < -0.4 is 0 Å². The molecule has 0 fully saturated rings. The topological polar surface area (TPSA) is 12.9 Å². The minimum atomic E-state index is -0.322. The second-order valence-corrected chi connectivity index (χ2v) is 9.25. The Balaban J connectivity index is 1.55. The van der Waals surface area contributed by atoms with Gasteiger partial charge in [0.05, 0.1) is 5.69 Å². The van der Waals surface area contributed by atoms with Crippen LogP contribution in [-0.4, -0.2) is 4.98 Å². The zero-order valence-electron chi connectivity index (χ0n) is 20.6. The number of halogens is 1. The maximum atomic E-state index is 14.5. The summed E-state index contributed by atoms with van der Waals surface area (Å²) in [5.74, 6) is -0.322. The Morgan fingerprint density at radius 2 is 1.06 bits per heavy atom. The van der Waals surface area contributed by atoms with Crippen LogP contribution in [0.3, 0.4) is 0 Å². The monoisotopic (exact) mass is 445 g/mol. The molecule has 0 N–H and O–H groups in total.